The van der Waals surface area contributed by atoms with Crippen molar-refractivity contribution in [3.05, 3.63) is 100 Å². The van der Waals surface area contributed by atoms with E-state index in [1.165, 1.54) is 22.3 Å². The SMILES string of the molecule is Cc1ncsc1-c1ccc(CNC(=O)[C@@H]2C[C@@H](O)CN2C(=O)[C@@H](NC(=O)C2(F)CC2)C(C)(C)C)c(OCCOCCOCCOCCOc2cc(NC(=O)[C@H](C)C3CCC(c4ccnc5ccc(F)cc45)CC3)ccc2Cl)c1. The van der Waals surface area contributed by atoms with Gasteiger partial charge >= 0.3 is 0 Å². The van der Waals surface area contributed by atoms with Gasteiger partial charge in [-0.15, -0.1) is 11.3 Å². The highest BCUT2D eigenvalue weighted by molar-refractivity contribution is 7.13. The van der Waals surface area contributed by atoms with Crippen molar-refractivity contribution < 1.29 is 56.7 Å². The van der Waals surface area contributed by atoms with Gasteiger partial charge in [0.2, 0.25) is 17.7 Å². The minimum Gasteiger partial charge on any atom is -0.491 e. The molecule has 5 aromatic rings. The van der Waals surface area contributed by atoms with E-state index in [4.69, 9.17) is 35.3 Å². The molecule has 3 fully saturated rings. The molecule has 3 aliphatic rings. The number of anilines is 1. The highest BCUT2D eigenvalue weighted by Crippen LogP contribution is 2.42. The van der Waals surface area contributed by atoms with E-state index in [0.717, 1.165) is 58.3 Å². The predicted octanol–water partition coefficient (Wildman–Crippen LogP) is 9.13. The molecule has 2 aliphatic carbocycles. The summed E-state index contributed by atoms with van der Waals surface area (Å²) in [6, 6.07) is 15.4. The van der Waals surface area contributed by atoms with Gasteiger partial charge in [-0.1, -0.05) is 51.4 Å². The summed E-state index contributed by atoms with van der Waals surface area (Å²) in [6.07, 6.45) is 4.63. The summed E-state index contributed by atoms with van der Waals surface area (Å²) in [7, 11) is 0. The number of nitrogens with zero attached hydrogens (tertiary/aromatic N) is 3. The first-order valence-electron chi connectivity index (χ1n) is 26.8. The number of halogens is 3. The molecule has 0 unspecified atom stereocenters. The molecule has 16 nitrogen and oxygen atoms in total. The Morgan fingerprint density at radius 3 is 2.21 bits per heavy atom. The third-order valence-corrected chi connectivity index (χ3v) is 16.1. The molecule has 0 radical (unpaired) electrons. The van der Waals surface area contributed by atoms with Crippen LogP contribution in [0.1, 0.15) is 95.4 Å². The van der Waals surface area contributed by atoms with E-state index in [0.29, 0.717) is 54.2 Å². The van der Waals surface area contributed by atoms with Gasteiger partial charge in [0, 0.05) is 54.3 Å². The standard InChI is InChI=1S/C58H71ClF2N6O10S/c1-35(37-6-8-38(9-7-37)44-16-19-62-47-15-12-41(60)29-45(44)47)53(69)65-42-13-14-46(59)50(30-42)77-27-25-75-23-21-73-20-22-74-24-26-76-49-28-39(51-36(2)64-34-78-51)10-11-40(49)32-63-54(70)48-31-43(68)33-67(48)55(71)52(57(3,4)5)66-56(72)58(61)17-18-58/h10-16,19,28-30,34-35,37-38,43,48,52,68H,6-9,17-18,20-27,31-33H2,1-5H3,(H,63,70)(H,65,69)(H,66,72)/t35-,37?,38?,43-,48+,52-/m1/s1. The Hall–Kier alpha value is -5.83. The molecule has 0 bridgehead atoms. The fourth-order valence-corrected chi connectivity index (χ4v) is 11.1. The molecule has 0 spiro atoms. The van der Waals surface area contributed by atoms with Gasteiger partial charge in [-0.25, -0.2) is 13.8 Å². The lowest BCUT2D eigenvalue weighted by Gasteiger charge is -2.35. The van der Waals surface area contributed by atoms with Crippen LogP contribution in [0.4, 0.5) is 14.5 Å². The second kappa shape index (κ2) is 26.4. The number of hydrogen-bond acceptors (Lipinski definition) is 13. The maximum atomic E-state index is 14.7. The molecular weight excluding hydrogens is 1050 g/mol. The first-order chi connectivity index (χ1) is 37.4. The molecule has 4 atom stereocenters. The van der Waals surface area contributed by atoms with Gasteiger partial charge in [-0.05, 0) is 116 Å². The van der Waals surface area contributed by atoms with E-state index in [9.17, 15) is 33.1 Å². The highest BCUT2D eigenvalue weighted by atomic mass is 35.5. The van der Waals surface area contributed by atoms with Gasteiger partial charge in [0.25, 0.3) is 5.91 Å². The molecule has 8 rings (SSSR count). The van der Waals surface area contributed by atoms with Crippen LogP contribution in [-0.4, -0.2) is 127 Å². The largest absolute Gasteiger partial charge is 0.491 e. The first kappa shape index (κ1) is 58.3. The summed E-state index contributed by atoms with van der Waals surface area (Å²) in [5, 5.41) is 20.4. The average Bonchev–Trinajstić information content (AvgIpc) is 3.88. The molecule has 3 heterocycles. The lowest BCUT2D eigenvalue weighted by atomic mass is 9.73. The van der Waals surface area contributed by atoms with Gasteiger partial charge in [-0.2, -0.15) is 0 Å². The number of β-amino-alcohol motifs (C(OH)–C–C–N with tert-alkyl or cyclic N) is 1. The van der Waals surface area contributed by atoms with Crippen molar-refractivity contribution in [1.82, 2.24) is 25.5 Å². The van der Waals surface area contributed by atoms with Crippen LogP contribution in [-0.2, 0) is 39.9 Å². The van der Waals surface area contributed by atoms with Crippen molar-refractivity contribution in [3.63, 3.8) is 0 Å². The Bertz CT molecular complexity index is 2890. The number of fused-ring (bicyclic) bond motifs is 1. The van der Waals surface area contributed by atoms with Gasteiger partial charge in [0.1, 0.15) is 42.6 Å². The molecule has 3 aromatic carbocycles. The summed E-state index contributed by atoms with van der Waals surface area (Å²) in [5.74, 6) is -0.974. The Morgan fingerprint density at radius 1 is 0.872 bits per heavy atom. The van der Waals surface area contributed by atoms with Crippen LogP contribution in [0.15, 0.2) is 72.4 Å². The monoisotopic (exact) mass is 1120 g/mol. The molecule has 1 aliphatic heterocycles. The maximum absolute atomic E-state index is 14.7. The number of thiazole rings is 1. The third-order valence-electron chi connectivity index (χ3n) is 14.9. The number of aliphatic hydroxyl groups excluding tert-OH is 1. The van der Waals surface area contributed by atoms with E-state index < -0.39 is 47.0 Å². The molecule has 420 valence electrons. The van der Waals surface area contributed by atoms with E-state index in [2.05, 4.69) is 25.9 Å². The smallest absolute Gasteiger partial charge is 0.258 e. The minimum absolute atomic E-state index is 0.00468. The zero-order chi connectivity index (χ0) is 55.6. The summed E-state index contributed by atoms with van der Waals surface area (Å²) >= 11 is 7.94. The van der Waals surface area contributed by atoms with Gasteiger partial charge < -0.3 is 49.6 Å². The summed E-state index contributed by atoms with van der Waals surface area (Å²) < 4.78 is 58.0. The van der Waals surface area contributed by atoms with Crippen molar-refractivity contribution in [3.8, 4) is 21.9 Å². The molecule has 4 N–H and O–H groups in total. The zero-order valence-corrected chi connectivity index (χ0v) is 46.5. The number of pyridine rings is 1. The number of rotatable bonds is 25. The fraction of sp³-hybridized carbons (Fsp3) is 0.517. The van der Waals surface area contributed by atoms with E-state index in [1.54, 1.807) is 62.8 Å². The molecule has 2 aromatic heterocycles. The lowest BCUT2D eigenvalue weighted by molar-refractivity contribution is -0.145. The predicted molar refractivity (Wildman–Crippen MR) is 294 cm³/mol. The number of benzene rings is 3. The first-order valence-corrected chi connectivity index (χ1v) is 28.1. The van der Waals surface area contributed by atoms with Crippen LogP contribution < -0.4 is 25.4 Å². The maximum Gasteiger partial charge on any atom is 0.258 e. The van der Waals surface area contributed by atoms with Gasteiger partial charge in [0.05, 0.1) is 72.4 Å². The Balaban J connectivity index is 0.718. The van der Waals surface area contributed by atoms with E-state index in [-0.39, 0.29) is 88.3 Å². The molecule has 1 saturated heterocycles. The zero-order valence-electron chi connectivity index (χ0n) is 44.9. The Morgan fingerprint density at radius 2 is 1.55 bits per heavy atom. The lowest BCUT2D eigenvalue weighted by Crippen LogP contribution is -2.59. The van der Waals surface area contributed by atoms with Crippen LogP contribution in [0.25, 0.3) is 21.3 Å². The van der Waals surface area contributed by atoms with E-state index >= 15 is 0 Å². The number of aromatic nitrogens is 2. The summed E-state index contributed by atoms with van der Waals surface area (Å²) in [6.45, 7) is 11.4. The van der Waals surface area contributed by atoms with Crippen LogP contribution in [0.2, 0.25) is 5.02 Å². The van der Waals surface area contributed by atoms with Crippen molar-refractivity contribution in [2.24, 2.45) is 17.3 Å². The van der Waals surface area contributed by atoms with Crippen molar-refractivity contribution in [2.45, 2.75) is 116 Å². The number of alkyl halides is 1. The number of hydrogen-bond donors (Lipinski definition) is 4. The number of amides is 4. The van der Waals surface area contributed by atoms with Gasteiger partial charge in [-0.3, -0.25) is 24.2 Å². The van der Waals surface area contributed by atoms with E-state index in [1.807, 2.05) is 38.1 Å². The number of likely N-dealkylation sites (tertiary alicyclic amines) is 1. The number of carbonyl (C=O) groups is 4. The number of carbonyl (C=O) groups excluding carboxylic acids is 4. The number of nitrogens with one attached hydrogen (secondary N) is 3. The van der Waals surface area contributed by atoms with Crippen LogP contribution in [0.3, 0.4) is 0 Å². The number of aliphatic hydroxyl groups is 1. The second-order valence-corrected chi connectivity index (χ2v) is 22.8. The van der Waals surface area contributed by atoms with Crippen LogP contribution in [0.5, 0.6) is 11.5 Å². The topological polar surface area (TPSA) is 200 Å². The third kappa shape index (κ3) is 15.1. The number of ether oxygens (including phenoxy) is 5. The number of aryl methyl sites for hydroxylation is 1. The Labute approximate surface area is 463 Å². The molecule has 2 saturated carbocycles. The minimum atomic E-state index is -1.98. The molecule has 78 heavy (non-hydrogen) atoms. The second-order valence-electron chi connectivity index (χ2n) is 21.6. The fourth-order valence-electron chi connectivity index (χ4n) is 10.1. The summed E-state index contributed by atoms with van der Waals surface area (Å²) in [5.41, 5.74) is 3.91. The summed E-state index contributed by atoms with van der Waals surface area (Å²) in [4.78, 5) is 64.8. The van der Waals surface area contributed by atoms with Crippen LogP contribution in [0, 0.1) is 30.0 Å². The molecule has 20 heteroatoms. The average molecular weight is 1120 g/mol. The quantitative estimate of drug-likeness (QED) is 0.0405. The van der Waals surface area contributed by atoms with Crippen molar-refractivity contribution >= 4 is 63.2 Å². The van der Waals surface area contributed by atoms with Crippen molar-refractivity contribution in [2.75, 3.05) is 64.7 Å². The van der Waals surface area contributed by atoms with Crippen molar-refractivity contribution in [1.29, 1.82) is 0 Å². The molecular formula is C58H71ClF2N6O10S. The normalized spacial score (nSPS) is 19.7. The Kier molecular flexibility index (Phi) is 19.8. The highest BCUT2D eigenvalue weighted by Gasteiger charge is 2.53. The van der Waals surface area contributed by atoms with Gasteiger partial charge in [0.15, 0.2) is 5.67 Å². The van der Waals surface area contributed by atoms with Crippen LogP contribution >= 0.6 is 22.9 Å². The molecule has 4 amide bonds.